The third-order valence-corrected chi connectivity index (χ3v) is 13.9. The number of piperidine rings is 2. The van der Waals surface area contributed by atoms with Gasteiger partial charge in [0.15, 0.2) is 0 Å². The molecule has 71 heavy (non-hydrogen) atoms. The first-order valence-corrected chi connectivity index (χ1v) is 24.5. The predicted octanol–water partition coefficient (Wildman–Crippen LogP) is 8.61. The van der Waals surface area contributed by atoms with E-state index in [9.17, 15) is 15.0 Å². The number of rotatable bonds is 10. The Morgan fingerprint density at radius 1 is 0.577 bits per heavy atom. The lowest BCUT2D eigenvalue weighted by Gasteiger charge is -2.41. The fraction of sp³-hybridized carbons (Fsp3) is 0.377. The second-order valence-electron chi connectivity index (χ2n) is 18.4. The smallest absolute Gasteiger partial charge is 0.351 e. The summed E-state index contributed by atoms with van der Waals surface area (Å²) in [5, 5.41) is 38.8. The summed E-state index contributed by atoms with van der Waals surface area (Å²) in [4.78, 5) is 17.9. The highest BCUT2D eigenvalue weighted by atomic mass is 16.5. The van der Waals surface area contributed by atoms with Crippen LogP contribution in [0.2, 0.25) is 0 Å². The van der Waals surface area contributed by atoms with E-state index in [1.165, 1.54) is 11.1 Å². The van der Waals surface area contributed by atoms with E-state index in [-0.39, 0.29) is 18.7 Å². The van der Waals surface area contributed by atoms with Crippen LogP contribution in [-0.2, 0) is 31.6 Å². The van der Waals surface area contributed by atoms with Crippen molar-refractivity contribution in [1.29, 1.82) is 0 Å². The maximum atomic E-state index is 13.8. The van der Waals surface area contributed by atoms with E-state index in [0.717, 1.165) is 101 Å². The molecule has 0 spiro atoms. The molecule has 3 saturated heterocycles. The number of carbonyl (C=O) groups is 1. The van der Waals surface area contributed by atoms with Crippen LogP contribution in [0.25, 0.3) is 0 Å². The maximum absolute atomic E-state index is 13.8. The summed E-state index contributed by atoms with van der Waals surface area (Å²) in [6.07, 6.45) is 4.69. The minimum atomic E-state index is -0.771. The van der Waals surface area contributed by atoms with Crippen LogP contribution in [0.1, 0.15) is 79.3 Å². The summed E-state index contributed by atoms with van der Waals surface area (Å²) < 4.78 is 8.09. The molecule has 0 unspecified atom stereocenters. The molecular weight excluding hydrogens is 885 g/mol. The lowest BCUT2D eigenvalue weighted by molar-refractivity contribution is -0.476. The quantitative estimate of drug-likeness (QED) is 0.0865. The van der Waals surface area contributed by atoms with Crippen LogP contribution in [-0.4, -0.2) is 128 Å². The van der Waals surface area contributed by atoms with E-state index in [0.29, 0.717) is 19.3 Å². The van der Waals surface area contributed by atoms with Gasteiger partial charge in [0.2, 0.25) is 5.91 Å². The number of hydrogen-bond donors (Lipinski definition) is 5. The number of amides is 1. The number of aliphatic hydroxyl groups excluding tert-OH is 2. The standard InChI is InChI=1S/C29H34N2O2.C18H20NO.C11H15NO.2CH4O.CH4/c1-30(2)27(32)29(25-14-8-4-9-15-25,26-16-10-5-11-17-26)20-23-31-21-18-28(33,19-22-31)24-12-6-3-7-13-24;1-19(2)17-18(13-14-20-17,15-9-5-3-6-10-15)16-11-7-4-8-12-16;13-11(6-8-12-9-7-11)10-4-2-1-3-5-10;2*1-2;/h3-17,33H,18-23H2,1-2H3;3-12H,13-14H2,1-2H3;1-5,12-13H,6-9H2;2*2H,1H3;1H4/q;+1;;;;. The molecule has 10 heteroatoms. The summed E-state index contributed by atoms with van der Waals surface area (Å²) in [5.41, 5.74) is 4.41. The number of carbonyl (C=O) groups excluding carboxylic acids is 1. The number of aliphatic hydroxyl groups is 4. The zero-order valence-corrected chi connectivity index (χ0v) is 42.3. The first kappa shape index (κ1) is 57.6. The van der Waals surface area contributed by atoms with Gasteiger partial charge in [-0.1, -0.05) is 189 Å². The molecule has 9 rings (SSSR count). The molecule has 0 bridgehead atoms. The topological polar surface area (TPSA) is 129 Å². The van der Waals surface area contributed by atoms with Gasteiger partial charge in [-0.3, -0.25) is 4.79 Å². The summed E-state index contributed by atoms with van der Waals surface area (Å²) >= 11 is 0. The number of benzene rings is 6. The van der Waals surface area contributed by atoms with Crippen molar-refractivity contribution in [3.05, 3.63) is 215 Å². The Bertz CT molecular complexity index is 2340. The van der Waals surface area contributed by atoms with E-state index in [2.05, 4.69) is 114 Å². The van der Waals surface area contributed by atoms with Gasteiger partial charge in [0.25, 0.3) is 0 Å². The highest BCUT2D eigenvalue weighted by molar-refractivity contribution is 5.92. The van der Waals surface area contributed by atoms with Crippen LogP contribution < -0.4 is 5.32 Å². The summed E-state index contributed by atoms with van der Waals surface area (Å²) in [6.45, 7) is 4.98. The lowest BCUT2D eigenvalue weighted by Crippen LogP contribution is -2.48. The van der Waals surface area contributed by atoms with Crippen LogP contribution in [0.3, 0.4) is 0 Å². The van der Waals surface area contributed by atoms with E-state index in [1.807, 2.05) is 111 Å². The second-order valence-corrected chi connectivity index (χ2v) is 18.4. The first-order valence-electron chi connectivity index (χ1n) is 24.5. The number of hydrogen-bond acceptors (Lipinski definition) is 8. The third-order valence-electron chi connectivity index (χ3n) is 13.9. The van der Waals surface area contributed by atoms with Gasteiger partial charge in [-0.05, 0) is 85.1 Å². The van der Waals surface area contributed by atoms with E-state index in [1.54, 1.807) is 4.90 Å². The van der Waals surface area contributed by atoms with E-state index >= 15 is 0 Å². The molecule has 3 aliphatic rings. The Labute approximate surface area is 424 Å². The number of nitrogens with one attached hydrogen (secondary N) is 1. The zero-order valence-electron chi connectivity index (χ0n) is 42.3. The summed E-state index contributed by atoms with van der Waals surface area (Å²) in [5.74, 6) is 1.13. The fourth-order valence-corrected chi connectivity index (χ4v) is 10.2. The van der Waals surface area contributed by atoms with Gasteiger partial charge in [-0.2, -0.15) is 0 Å². The van der Waals surface area contributed by atoms with E-state index in [4.69, 9.17) is 14.9 Å². The van der Waals surface area contributed by atoms with Crippen molar-refractivity contribution in [2.75, 3.05) is 81.7 Å². The predicted molar refractivity (Wildman–Crippen MR) is 290 cm³/mol. The Morgan fingerprint density at radius 2 is 0.930 bits per heavy atom. The highest BCUT2D eigenvalue weighted by Crippen LogP contribution is 2.42. The van der Waals surface area contributed by atoms with Crippen LogP contribution in [0.4, 0.5) is 0 Å². The summed E-state index contributed by atoms with van der Waals surface area (Å²) in [7, 11) is 9.79. The van der Waals surface area contributed by atoms with Crippen LogP contribution >= 0.6 is 0 Å². The maximum Gasteiger partial charge on any atom is 0.351 e. The Balaban J connectivity index is 0.000000244. The molecular formula is C61H81N4O6+. The Morgan fingerprint density at radius 3 is 1.30 bits per heavy atom. The highest BCUT2D eigenvalue weighted by Gasteiger charge is 2.50. The van der Waals surface area contributed by atoms with Gasteiger partial charge in [-0.25, -0.2) is 4.58 Å². The molecule has 3 aliphatic heterocycles. The number of likely N-dealkylation sites (tertiary alicyclic amines) is 1. The van der Waals surface area contributed by atoms with Crippen LogP contribution in [0.5, 0.6) is 0 Å². The van der Waals surface area contributed by atoms with Crippen molar-refractivity contribution in [2.45, 2.75) is 68.0 Å². The molecule has 0 aliphatic carbocycles. The van der Waals surface area contributed by atoms with Crippen LogP contribution in [0.15, 0.2) is 182 Å². The number of likely N-dealkylation sites (N-methyl/N-ethyl adjacent to an activating group) is 1. The Hall–Kier alpha value is -5.98. The van der Waals surface area contributed by atoms with Gasteiger partial charge in [0, 0.05) is 47.8 Å². The SMILES string of the molecule is C.CN(C)C(=O)C(CCN1CCC(O)(c2ccccc2)CC1)(c1ccccc1)c1ccccc1.CO.CO.C[N+](C)=C1OCCC1(c1ccccc1)c1ccccc1.OC1(c2ccccc2)CCNCC1. The summed E-state index contributed by atoms with van der Waals surface area (Å²) in [6, 6.07) is 61.6. The number of nitrogens with zero attached hydrogens (tertiary/aromatic N) is 3. The number of ether oxygens (including phenoxy) is 1. The van der Waals surface area contributed by atoms with Gasteiger partial charge < -0.3 is 40.3 Å². The van der Waals surface area contributed by atoms with Crippen molar-refractivity contribution >= 4 is 11.8 Å². The normalized spacial score (nSPS) is 16.4. The molecule has 0 aromatic heterocycles. The molecule has 0 radical (unpaired) electrons. The molecule has 3 heterocycles. The average molecular weight is 966 g/mol. The van der Waals surface area contributed by atoms with Gasteiger partial charge >= 0.3 is 5.90 Å². The molecule has 0 atom stereocenters. The molecule has 5 N–H and O–H groups in total. The van der Waals surface area contributed by atoms with Crippen LogP contribution in [0, 0.1) is 0 Å². The largest absolute Gasteiger partial charge is 0.447 e. The molecule has 10 nitrogen and oxygen atoms in total. The zero-order chi connectivity index (χ0) is 50.5. The first-order chi connectivity index (χ1) is 34.0. The molecule has 6 aromatic rings. The van der Waals surface area contributed by atoms with Gasteiger partial charge in [0.1, 0.15) is 24.9 Å². The molecule has 380 valence electrons. The monoisotopic (exact) mass is 966 g/mol. The van der Waals surface area contributed by atoms with Crippen molar-refractivity contribution in [3.8, 4) is 0 Å². The third kappa shape index (κ3) is 13.9. The van der Waals surface area contributed by atoms with Gasteiger partial charge in [-0.15, -0.1) is 0 Å². The van der Waals surface area contributed by atoms with E-state index < -0.39 is 16.6 Å². The second kappa shape index (κ2) is 28.2. The molecule has 6 aromatic carbocycles. The van der Waals surface area contributed by atoms with Crippen molar-refractivity contribution in [2.24, 2.45) is 0 Å². The van der Waals surface area contributed by atoms with Crippen molar-refractivity contribution in [1.82, 2.24) is 15.1 Å². The molecule has 3 fully saturated rings. The minimum absolute atomic E-state index is 0. The molecule has 1 amide bonds. The van der Waals surface area contributed by atoms with Crippen molar-refractivity contribution < 1.29 is 34.5 Å². The minimum Gasteiger partial charge on any atom is -0.447 e. The molecule has 0 saturated carbocycles. The Kier molecular flexibility index (Phi) is 22.8. The van der Waals surface area contributed by atoms with Gasteiger partial charge in [0.05, 0.1) is 17.8 Å². The van der Waals surface area contributed by atoms with Crippen molar-refractivity contribution in [3.63, 3.8) is 0 Å². The average Bonchev–Trinajstić information content (AvgIpc) is 3.90. The lowest BCUT2D eigenvalue weighted by atomic mass is 9.70. The fourth-order valence-electron chi connectivity index (χ4n) is 10.2.